The second-order valence-corrected chi connectivity index (χ2v) is 13.0. The van der Waals surface area contributed by atoms with Crippen LogP contribution in [0.1, 0.15) is 0 Å². The minimum atomic E-state index is -4.31. The van der Waals surface area contributed by atoms with Crippen molar-refractivity contribution in [1.82, 2.24) is 9.34 Å². The summed E-state index contributed by atoms with van der Waals surface area (Å²) in [6, 6.07) is 0. The Morgan fingerprint density at radius 1 is 0.938 bits per heavy atom. The minimum absolute atomic E-state index is 0.145. The number of halogens is 3. The first-order valence-corrected chi connectivity index (χ1v) is 9.24. The van der Waals surface area contributed by atoms with E-state index in [1.807, 2.05) is 0 Å². The average Bonchev–Trinajstić information content (AvgIpc) is 2.73. The number of ether oxygens (including phenoxy) is 2. The van der Waals surface area contributed by atoms with Crippen molar-refractivity contribution < 1.29 is 19.1 Å². The predicted molar refractivity (Wildman–Crippen MR) is 60.6 cm³/mol. The summed E-state index contributed by atoms with van der Waals surface area (Å²) in [5.41, 5.74) is 0. The van der Waals surface area contributed by atoms with Gasteiger partial charge in [0.25, 0.3) is 0 Å². The molecule has 10 heteroatoms. The van der Waals surface area contributed by atoms with Crippen LogP contribution in [0.5, 0.6) is 0 Å². The van der Waals surface area contributed by atoms with E-state index < -0.39 is 17.1 Å². The zero-order chi connectivity index (χ0) is 12.0. The maximum absolute atomic E-state index is 11.4. The summed E-state index contributed by atoms with van der Waals surface area (Å²) >= 11 is 18.3. The van der Waals surface area contributed by atoms with Crippen LogP contribution in [-0.4, -0.2) is 47.8 Å². The Balaban J connectivity index is 2.32. The molecule has 2 amide bonds. The van der Waals surface area contributed by atoms with Crippen molar-refractivity contribution in [3.8, 4) is 0 Å². The third kappa shape index (κ3) is 1.78. The molecule has 0 aromatic carbocycles. The van der Waals surface area contributed by atoms with Gasteiger partial charge in [-0.3, -0.25) is 0 Å². The second kappa shape index (κ2) is 3.67. The van der Waals surface area contributed by atoms with E-state index in [0.717, 1.165) is 9.34 Å². The zero-order valence-corrected chi connectivity index (χ0v) is 11.1. The van der Waals surface area contributed by atoms with Crippen molar-refractivity contribution in [2.45, 2.75) is 0 Å². The number of hydrogen-bond acceptors (Lipinski definition) is 4. The molecule has 0 unspecified atom stereocenters. The van der Waals surface area contributed by atoms with E-state index in [2.05, 4.69) is 0 Å². The van der Waals surface area contributed by atoms with Crippen LogP contribution in [-0.2, 0) is 9.47 Å². The average molecular weight is 309 g/mol. The normalized spacial score (nSPS) is 24.1. The molecule has 16 heavy (non-hydrogen) atoms. The Morgan fingerprint density at radius 3 is 1.56 bits per heavy atom. The number of nitrogens with zero attached hydrogens (tertiary/aromatic N) is 2. The molecule has 0 aromatic rings. The van der Waals surface area contributed by atoms with Crippen LogP contribution < -0.4 is 0 Å². The van der Waals surface area contributed by atoms with E-state index in [0.29, 0.717) is 0 Å². The van der Waals surface area contributed by atoms with E-state index in [-0.39, 0.29) is 26.3 Å². The maximum atomic E-state index is 11.4. The van der Waals surface area contributed by atoms with Gasteiger partial charge in [-0.05, 0) is 0 Å². The van der Waals surface area contributed by atoms with Crippen LogP contribution >= 0.6 is 38.7 Å². The third-order valence-electron chi connectivity index (χ3n) is 2.24. The van der Waals surface area contributed by atoms with Crippen LogP contribution in [0.25, 0.3) is 0 Å². The fourth-order valence-electron chi connectivity index (χ4n) is 1.48. The predicted octanol–water partition coefficient (Wildman–Crippen LogP) is 2.74. The molecular formula is C6H8Cl3N2O4P. The van der Waals surface area contributed by atoms with Crippen LogP contribution in [0.4, 0.5) is 9.59 Å². The van der Waals surface area contributed by atoms with Crippen molar-refractivity contribution in [2.75, 3.05) is 26.3 Å². The molecule has 0 N–H and O–H groups in total. The van der Waals surface area contributed by atoms with Crippen LogP contribution in [0.2, 0.25) is 0 Å². The van der Waals surface area contributed by atoms with Gasteiger partial charge >= 0.3 is 106 Å². The van der Waals surface area contributed by atoms with Crippen LogP contribution in [0.3, 0.4) is 0 Å². The van der Waals surface area contributed by atoms with E-state index in [9.17, 15) is 9.59 Å². The van der Waals surface area contributed by atoms with Gasteiger partial charge in [-0.15, -0.1) is 0 Å². The van der Waals surface area contributed by atoms with Crippen molar-refractivity contribution in [3.05, 3.63) is 0 Å². The Labute approximate surface area is 106 Å². The Bertz CT molecular complexity index is 327. The summed E-state index contributed by atoms with van der Waals surface area (Å²) in [5, 5.41) is 0. The van der Waals surface area contributed by atoms with E-state index in [1.54, 1.807) is 0 Å². The van der Waals surface area contributed by atoms with Crippen LogP contribution in [0, 0.1) is 0 Å². The van der Waals surface area contributed by atoms with E-state index in [4.69, 9.17) is 43.2 Å². The molecule has 0 radical (unpaired) electrons. The number of hydrogen-bond donors (Lipinski definition) is 0. The molecule has 2 saturated heterocycles. The fraction of sp³-hybridized carbons (Fsp3) is 0.667. The van der Waals surface area contributed by atoms with Gasteiger partial charge in [0.1, 0.15) is 0 Å². The first kappa shape index (κ1) is 12.3. The molecule has 0 aromatic heterocycles. The van der Waals surface area contributed by atoms with Gasteiger partial charge in [-0.1, -0.05) is 0 Å². The number of rotatable bonds is 2. The Kier molecular flexibility index (Phi) is 2.82. The second-order valence-electron chi connectivity index (χ2n) is 3.21. The molecule has 0 saturated carbocycles. The SMILES string of the molecule is O=C1OCCN1P(Cl)(Cl)(Cl)N1CCOC1=O. The van der Waals surface area contributed by atoms with Gasteiger partial charge in [0.2, 0.25) is 0 Å². The number of carbonyl (C=O) groups is 2. The van der Waals surface area contributed by atoms with E-state index >= 15 is 0 Å². The van der Waals surface area contributed by atoms with Gasteiger partial charge < -0.3 is 0 Å². The van der Waals surface area contributed by atoms with E-state index in [1.165, 1.54) is 0 Å². The molecule has 92 valence electrons. The fourth-order valence-corrected chi connectivity index (χ4v) is 5.64. The summed E-state index contributed by atoms with van der Waals surface area (Å²) < 4.78 is 11.4. The standard InChI is InChI=1S/C6H8Cl3N2O4P/c7-16(8,9,10-1-3-14-5(10)12)11-2-4-15-6(11)13/h1-4H2. The van der Waals surface area contributed by atoms with Gasteiger partial charge in [-0.2, -0.15) is 0 Å². The van der Waals surface area contributed by atoms with Gasteiger partial charge in [0, 0.05) is 0 Å². The molecule has 6 nitrogen and oxygen atoms in total. The molecular weight excluding hydrogens is 301 g/mol. The summed E-state index contributed by atoms with van der Waals surface area (Å²) in [7, 11) is 0. The molecule has 0 bridgehead atoms. The van der Waals surface area contributed by atoms with Crippen molar-refractivity contribution in [2.24, 2.45) is 0 Å². The molecule has 2 heterocycles. The zero-order valence-electron chi connectivity index (χ0n) is 7.94. The molecule has 2 aliphatic rings. The first-order chi connectivity index (χ1) is 7.31. The molecule has 0 atom stereocenters. The van der Waals surface area contributed by atoms with Crippen LogP contribution in [0.15, 0.2) is 0 Å². The summed E-state index contributed by atoms with van der Waals surface area (Å²) in [5.74, 6) is 0. The third-order valence-corrected chi connectivity index (χ3v) is 7.78. The van der Waals surface area contributed by atoms with Crippen molar-refractivity contribution >= 4 is 50.9 Å². The number of cyclic esters (lactones) is 2. The summed E-state index contributed by atoms with van der Waals surface area (Å²) in [6.45, 7) is 0.589. The molecule has 0 aliphatic carbocycles. The summed E-state index contributed by atoms with van der Waals surface area (Å²) in [4.78, 5) is 18.5. The quantitative estimate of drug-likeness (QED) is 0.736. The monoisotopic (exact) mass is 308 g/mol. The Morgan fingerprint density at radius 2 is 1.31 bits per heavy atom. The Hall–Kier alpha value is -0.160. The molecule has 2 fully saturated rings. The number of carbonyl (C=O) groups excluding carboxylic acids is 2. The summed E-state index contributed by atoms with van der Waals surface area (Å²) in [6.07, 6.45) is -1.45. The topological polar surface area (TPSA) is 59.1 Å². The number of amides is 2. The van der Waals surface area contributed by atoms with Gasteiger partial charge in [0.05, 0.1) is 0 Å². The van der Waals surface area contributed by atoms with Gasteiger partial charge in [0.15, 0.2) is 0 Å². The molecule has 2 aliphatic heterocycles. The molecule has 2 rings (SSSR count). The first-order valence-electron chi connectivity index (χ1n) is 4.38. The molecule has 0 spiro atoms. The van der Waals surface area contributed by atoms with Crippen molar-refractivity contribution in [3.63, 3.8) is 0 Å². The van der Waals surface area contributed by atoms with Gasteiger partial charge in [-0.25, -0.2) is 0 Å². The van der Waals surface area contributed by atoms with Crippen molar-refractivity contribution in [1.29, 1.82) is 0 Å².